The summed E-state index contributed by atoms with van der Waals surface area (Å²) >= 11 is 7.85. The van der Waals surface area contributed by atoms with Gasteiger partial charge in [-0.25, -0.2) is 0 Å². The Morgan fingerprint density at radius 1 is 1.32 bits per heavy atom. The maximum Gasteiger partial charge on any atom is 0.0622 e. The van der Waals surface area contributed by atoms with Gasteiger partial charge in [0.1, 0.15) is 0 Å². The number of aromatic nitrogens is 1. The first kappa shape index (κ1) is 14.3. The number of hydrogen-bond acceptors (Lipinski definition) is 4. The van der Waals surface area contributed by atoms with Gasteiger partial charge in [0.05, 0.1) is 11.1 Å². The molecular formula is C14H16ClN3S. The van der Waals surface area contributed by atoms with E-state index < -0.39 is 0 Å². The van der Waals surface area contributed by atoms with Crippen molar-refractivity contribution in [1.82, 2.24) is 10.4 Å². The maximum atomic E-state index is 6.13. The minimum Gasteiger partial charge on any atom is -0.271 e. The van der Waals surface area contributed by atoms with Gasteiger partial charge in [0.25, 0.3) is 0 Å². The number of benzene rings is 1. The van der Waals surface area contributed by atoms with Crippen LogP contribution in [0.5, 0.6) is 0 Å². The third-order valence-electron chi connectivity index (χ3n) is 3.00. The molecule has 0 aliphatic heterocycles. The number of nitrogens with one attached hydrogen (secondary N) is 1. The topological polar surface area (TPSA) is 50.9 Å². The fraction of sp³-hybridized carbons (Fsp3) is 0.214. The molecular weight excluding hydrogens is 278 g/mol. The fourth-order valence-corrected chi connectivity index (χ4v) is 2.50. The lowest BCUT2D eigenvalue weighted by Gasteiger charge is -2.17. The van der Waals surface area contributed by atoms with Crippen molar-refractivity contribution in [3.05, 3.63) is 58.9 Å². The lowest BCUT2D eigenvalue weighted by atomic mass is 10.0. The van der Waals surface area contributed by atoms with Crippen molar-refractivity contribution in [3.8, 4) is 0 Å². The smallest absolute Gasteiger partial charge is 0.0622 e. The Balaban J connectivity index is 2.17. The number of thioether (sulfide) groups is 1. The molecule has 1 aromatic carbocycles. The third-order valence-corrected chi connectivity index (χ3v) is 4.08. The monoisotopic (exact) mass is 293 g/mol. The lowest BCUT2D eigenvalue weighted by molar-refractivity contribution is 0.551. The Labute approximate surface area is 122 Å². The first-order chi connectivity index (χ1) is 9.24. The van der Waals surface area contributed by atoms with Crippen LogP contribution in [0.1, 0.15) is 17.2 Å². The van der Waals surface area contributed by atoms with Crippen LogP contribution in [0.3, 0.4) is 0 Å². The van der Waals surface area contributed by atoms with Crippen LogP contribution in [0.25, 0.3) is 0 Å². The molecule has 0 bridgehead atoms. The van der Waals surface area contributed by atoms with E-state index in [-0.39, 0.29) is 6.04 Å². The van der Waals surface area contributed by atoms with E-state index in [1.807, 2.05) is 6.07 Å². The van der Waals surface area contributed by atoms with Gasteiger partial charge in [-0.05, 0) is 42.0 Å². The summed E-state index contributed by atoms with van der Waals surface area (Å²) < 4.78 is 0. The summed E-state index contributed by atoms with van der Waals surface area (Å²) in [6, 6.07) is 10.3. The van der Waals surface area contributed by atoms with E-state index in [2.05, 4.69) is 40.9 Å². The number of hydrazine groups is 1. The van der Waals surface area contributed by atoms with Crippen LogP contribution in [-0.4, -0.2) is 11.2 Å². The Morgan fingerprint density at radius 2 is 2.05 bits per heavy atom. The molecule has 3 nitrogen and oxygen atoms in total. The highest BCUT2D eigenvalue weighted by atomic mass is 35.5. The zero-order valence-electron chi connectivity index (χ0n) is 10.6. The van der Waals surface area contributed by atoms with Crippen LogP contribution in [-0.2, 0) is 6.42 Å². The largest absolute Gasteiger partial charge is 0.271 e. The molecule has 0 saturated carbocycles. The van der Waals surface area contributed by atoms with Crippen LogP contribution in [0, 0.1) is 0 Å². The molecule has 0 spiro atoms. The number of hydrogen-bond donors (Lipinski definition) is 2. The molecule has 1 unspecified atom stereocenters. The van der Waals surface area contributed by atoms with Crippen LogP contribution in [0.4, 0.5) is 0 Å². The highest BCUT2D eigenvalue weighted by molar-refractivity contribution is 7.98. The molecule has 0 saturated heterocycles. The molecule has 19 heavy (non-hydrogen) atoms. The second-order valence-electron chi connectivity index (χ2n) is 4.16. The van der Waals surface area contributed by atoms with Crippen molar-refractivity contribution in [2.45, 2.75) is 17.4 Å². The van der Waals surface area contributed by atoms with Crippen molar-refractivity contribution in [3.63, 3.8) is 0 Å². The molecule has 1 heterocycles. The molecule has 3 N–H and O–H groups in total. The average molecular weight is 294 g/mol. The molecule has 1 atom stereocenters. The van der Waals surface area contributed by atoms with E-state index in [1.165, 1.54) is 4.90 Å². The minimum absolute atomic E-state index is 0.0378. The zero-order chi connectivity index (χ0) is 13.7. The summed E-state index contributed by atoms with van der Waals surface area (Å²) in [5.41, 5.74) is 5.03. The summed E-state index contributed by atoms with van der Waals surface area (Å²) in [4.78, 5) is 5.22. The highest BCUT2D eigenvalue weighted by Gasteiger charge is 2.12. The van der Waals surface area contributed by atoms with E-state index >= 15 is 0 Å². The van der Waals surface area contributed by atoms with Crippen molar-refractivity contribution < 1.29 is 0 Å². The standard InChI is InChI=1S/C14H16ClN3S/c1-19-12-4-2-10(3-5-12)14(18-16)8-11-6-7-17-9-13(11)15/h2-7,9,14,18H,8,16H2,1H3. The molecule has 2 rings (SSSR count). The number of nitrogens with zero attached hydrogens (tertiary/aromatic N) is 1. The quantitative estimate of drug-likeness (QED) is 0.505. The van der Waals surface area contributed by atoms with Gasteiger partial charge < -0.3 is 0 Å². The zero-order valence-corrected chi connectivity index (χ0v) is 12.2. The van der Waals surface area contributed by atoms with Crippen molar-refractivity contribution >= 4 is 23.4 Å². The summed E-state index contributed by atoms with van der Waals surface area (Å²) in [6.45, 7) is 0. The van der Waals surface area contributed by atoms with Crippen molar-refractivity contribution in [1.29, 1.82) is 0 Å². The van der Waals surface area contributed by atoms with Crippen molar-refractivity contribution in [2.75, 3.05) is 6.26 Å². The molecule has 0 radical (unpaired) electrons. The fourth-order valence-electron chi connectivity index (χ4n) is 1.90. The summed E-state index contributed by atoms with van der Waals surface area (Å²) in [6.07, 6.45) is 6.19. The van der Waals surface area contributed by atoms with E-state index in [0.717, 1.165) is 17.5 Å². The Morgan fingerprint density at radius 3 is 2.63 bits per heavy atom. The van der Waals surface area contributed by atoms with Gasteiger partial charge in [-0.3, -0.25) is 16.3 Å². The Hall–Kier alpha value is -1.07. The minimum atomic E-state index is 0.0378. The first-order valence-corrected chi connectivity index (χ1v) is 7.53. The van der Waals surface area contributed by atoms with Gasteiger partial charge in [0, 0.05) is 17.3 Å². The van der Waals surface area contributed by atoms with E-state index in [0.29, 0.717) is 5.02 Å². The van der Waals surface area contributed by atoms with Gasteiger partial charge in [-0.15, -0.1) is 11.8 Å². The second kappa shape index (κ2) is 6.91. The maximum absolute atomic E-state index is 6.13. The van der Waals surface area contributed by atoms with E-state index in [4.69, 9.17) is 17.4 Å². The SMILES string of the molecule is CSc1ccc(C(Cc2ccncc2Cl)NN)cc1. The Kier molecular flexibility index (Phi) is 5.22. The Bertz CT molecular complexity index is 530. The van der Waals surface area contributed by atoms with Gasteiger partial charge in [-0.1, -0.05) is 23.7 Å². The molecule has 0 fully saturated rings. The molecule has 2 aromatic rings. The predicted octanol–water partition coefficient (Wildman–Crippen LogP) is 3.20. The molecule has 5 heteroatoms. The lowest BCUT2D eigenvalue weighted by Crippen LogP contribution is -2.29. The van der Waals surface area contributed by atoms with Gasteiger partial charge in [0.15, 0.2) is 0 Å². The van der Waals surface area contributed by atoms with E-state index in [9.17, 15) is 0 Å². The second-order valence-corrected chi connectivity index (χ2v) is 5.45. The number of rotatable bonds is 5. The highest BCUT2D eigenvalue weighted by Crippen LogP contribution is 2.24. The molecule has 0 amide bonds. The predicted molar refractivity (Wildman–Crippen MR) is 81.2 cm³/mol. The van der Waals surface area contributed by atoms with Gasteiger partial charge >= 0.3 is 0 Å². The average Bonchev–Trinajstić information content (AvgIpc) is 2.47. The summed E-state index contributed by atoms with van der Waals surface area (Å²) in [5, 5.41) is 0.670. The van der Waals surface area contributed by atoms with Crippen LogP contribution in [0.2, 0.25) is 5.02 Å². The summed E-state index contributed by atoms with van der Waals surface area (Å²) in [5.74, 6) is 5.66. The number of nitrogens with two attached hydrogens (primary N) is 1. The van der Waals surface area contributed by atoms with Crippen molar-refractivity contribution in [2.24, 2.45) is 5.84 Å². The molecule has 1 aromatic heterocycles. The molecule has 100 valence electrons. The van der Waals surface area contributed by atoms with Crippen LogP contribution >= 0.6 is 23.4 Å². The van der Waals surface area contributed by atoms with E-state index in [1.54, 1.807) is 24.2 Å². The van der Waals surface area contributed by atoms with Crippen LogP contribution in [0.15, 0.2) is 47.6 Å². The van der Waals surface area contributed by atoms with Gasteiger partial charge in [0.2, 0.25) is 0 Å². The third kappa shape index (κ3) is 3.70. The van der Waals surface area contributed by atoms with Gasteiger partial charge in [-0.2, -0.15) is 0 Å². The number of halogens is 1. The molecule has 0 aliphatic carbocycles. The molecule has 0 aliphatic rings. The summed E-state index contributed by atoms with van der Waals surface area (Å²) in [7, 11) is 0. The first-order valence-electron chi connectivity index (χ1n) is 5.93. The van der Waals surface area contributed by atoms with Crippen LogP contribution < -0.4 is 11.3 Å². The number of pyridine rings is 1. The normalized spacial score (nSPS) is 12.4.